The average Bonchev–Trinajstić information content (AvgIpc) is 2.97. The van der Waals surface area contributed by atoms with E-state index in [1.54, 1.807) is 18.3 Å². The second-order valence-electron chi connectivity index (χ2n) is 9.47. The van der Waals surface area contributed by atoms with Gasteiger partial charge in [-0.15, -0.1) is 0 Å². The van der Waals surface area contributed by atoms with Gasteiger partial charge in [-0.1, -0.05) is 30.3 Å². The molecule has 3 aromatic rings. The number of fused-ring (bicyclic) bond motifs is 1. The zero-order valence-corrected chi connectivity index (χ0v) is 22.6. The number of halogens is 3. The largest absolute Gasteiger partial charge is 0.490 e. The van der Waals surface area contributed by atoms with Crippen molar-refractivity contribution in [1.82, 2.24) is 15.3 Å². The van der Waals surface area contributed by atoms with Crippen LogP contribution in [0, 0.1) is 5.92 Å². The van der Waals surface area contributed by atoms with Gasteiger partial charge in [0.15, 0.2) is 0 Å². The van der Waals surface area contributed by atoms with Crippen molar-refractivity contribution in [2.75, 3.05) is 18.5 Å². The normalized spacial score (nSPS) is 16.5. The Morgan fingerprint density at radius 1 is 1.02 bits per heavy atom. The van der Waals surface area contributed by atoms with Crippen LogP contribution < -0.4 is 21.1 Å². The summed E-state index contributed by atoms with van der Waals surface area (Å²) >= 11 is 0. The molecule has 2 heterocycles. The Bertz CT molecular complexity index is 1330. The molecule has 0 aliphatic heterocycles. The van der Waals surface area contributed by atoms with Crippen LogP contribution in [0.3, 0.4) is 0 Å². The molecular formula is C28H32F3N5O6. The van der Waals surface area contributed by atoms with Crippen molar-refractivity contribution < 1.29 is 42.1 Å². The number of nitrogens with one attached hydrogen (secondary N) is 2. The van der Waals surface area contributed by atoms with Gasteiger partial charge in [0.1, 0.15) is 12.1 Å². The molecule has 0 atom stereocenters. The number of hydrogen-bond donors (Lipinski definition) is 4. The first-order valence-corrected chi connectivity index (χ1v) is 13.2. The maximum atomic E-state index is 12.8. The molecular weight excluding hydrogens is 559 g/mol. The number of carbonyl (C=O) groups is 3. The molecule has 2 aromatic heterocycles. The highest BCUT2D eigenvalue weighted by atomic mass is 19.4. The standard InChI is InChI=1S/C26H31N5O4.C2HF3O2/c27-20-9-7-19(8-10-20)25(32)30-22-13-15-28-21-11-12-23(31-24(21)22)34-16-4-14-29-26(33)35-17-18-5-2-1-3-6-18;3-2(4,5)1(6)7/h1-3,5-6,11-13,15,19-20H,4,7-10,14,16-17,27H2,(H,29,33)(H,28,30,32);(H,6,7). The van der Waals surface area contributed by atoms with Crippen LogP contribution in [0.25, 0.3) is 11.0 Å². The lowest BCUT2D eigenvalue weighted by Gasteiger charge is -2.25. The first kappa shape index (κ1) is 32.1. The minimum atomic E-state index is -5.08. The lowest BCUT2D eigenvalue weighted by atomic mass is 9.86. The van der Waals surface area contributed by atoms with E-state index in [9.17, 15) is 22.8 Å². The smallest absolute Gasteiger partial charge is 0.478 e. The Balaban J connectivity index is 0.000000616. The summed E-state index contributed by atoms with van der Waals surface area (Å²) in [5, 5.41) is 12.8. The molecule has 0 unspecified atom stereocenters. The summed E-state index contributed by atoms with van der Waals surface area (Å²) in [7, 11) is 0. The molecule has 14 heteroatoms. The summed E-state index contributed by atoms with van der Waals surface area (Å²) < 4.78 is 42.7. The highest BCUT2D eigenvalue weighted by Gasteiger charge is 2.38. The number of nitrogens with two attached hydrogens (primary N) is 1. The SMILES string of the molecule is NC1CCC(C(=O)Nc2ccnc3ccc(OCCCNC(=O)OCc4ccccc4)nc23)CC1.O=C(O)C(F)(F)F. The summed E-state index contributed by atoms with van der Waals surface area (Å²) in [6.07, 6.45) is 0.0111. The number of alkyl halides is 3. The van der Waals surface area contributed by atoms with E-state index in [2.05, 4.69) is 20.6 Å². The Morgan fingerprint density at radius 3 is 2.38 bits per heavy atom. The van der Waals surface area contributed by atoms with E-state index in [0.717, 1.165) is 31.2 Å². The quantitative estimate of drug-likeness (QED) is 0.264. The molecule has 0 saturated heterocycles. The molecule has 42 heavy (non-hydrogen) atoms. The maximum Gasteiger partial charge on any atom is 0.490 e. The van der Waals surface area contributed by atoms with Crippen molar-refractivity contribution in [3.63, 3.8) is 0 Å². The van der Waals surface area contributed by atoms with Crippen LogP contribution in [0.5, 0.6) is 5.88 Å². The second kappa shape index (κ2) is 15.5. The fraction of sp³-hybridized carbons (Fsp3) is 0.393. The third kappa shape index (κ3) is 10.5. The van der Waals surface area contributed by atoms with Crippen LogP contribution in [-0.2, 0) is 20.9 Å². The molecule has 5 N–H and O–H groups in total. The molecule has 226 valence electrons. The minimum absolute atomic E-state index is 0.0113. The third-order valence-corrected chi connectivity index (χ3v) is 6.25. The average molecular weight is 592 g/mol. The van der Waals surface area contributed by atoms with Crippen molar-refractivity contribution in [1.29, 1.82) is 0 Å². The number of ether oxygens (including phenoxy) is 2. The summed E-state index contributed by atoms with van der Waals surface area (Å²) in [6.45, 7) is 1.00. The van der Waals surface area contributed by atoms with Crippen molar-refractivity contribution in [3.05, 3.63) is 60.3 Å². The fourth-order valence-electron chi connectivity index (χ4n) is 4.02. The van der Waals surface area contributed by atoms with Gasteiger partial charge in [-0.25, -0.2) is 14.6 Å². The van der Waals surface area contributed by atoms with Crippen LogP contribution in [0.15, 0.2) is 54.7 Å². The maximum absolute atomic E-state index is 12.8. The van der Waals surface area contributed by atoms with Gasteiger partial charge in [-0.3, -0.25) is 9.78 Å². The van der Waals surface area contributed by atoms with Gasteiger partial charge in [0, 0.05) is 30.8 Å². The zero-order valence-electron chi connectivity index (χ0n) is 22.6. The number of aromatic nitrogens is 2. The zero-order chi connectivity index (χ0) is 30.5. The summed E-state index contributed by atoms with van der Waals surface area (Å²) in [6, 6.07) is 15.0. The first-order chi connectivity index (χ1) is 20.0. The monoisotopic (exact) mass is 591 g/mol. The number of amides is 2. The van der Waals surface area contributed by atoms with E-state index in [4.69, 9.17) is 25.1 Å². The number of aliphatic carboxylic acids is 1. The van der Waals surface area contributed by atoms with E-state index >= 15 is 0 Å². The highest BCUT2D eigenvalue weighted by molar-refractivity contribution is 6.00. The number of benzene rings is 1. The van der Waals surface area contributed by atoms with Crippen LogP contribution in [-0.4, -0.2) is 58.4 Å². The van der Waals surface area contributed by atoms with E-state index < -0.39 is 18.2 Å². The predicted octanol–water partition coefficient (Wildman–Crippen LogP) is 4.41. The first-order valence-electron chi connectivity index (χ1n) is 13.2. The minimum Gasteiger partial charge on any atom is -0.478 e. The fourth-order valence-corrected chi connectivity index (χ4v) is 4.02. The predicted molar refractivity (Wildman–Crippen MR) is 147 cm³/mol. The van der Waals surface area contributed by atoms with E-state index in [0.29, 0.717) is 42.2 Å². The lowest BCUT2D eigenvalue weighted by molar-refractivity contribution is -0.192. The number of carboxylic acids is 1. The molecule has 1 aromatic carbocycles. The van der Waals surface area contributed by atoms with Gasteiger partial charge in [0.2, 0.25) is 11.8 Å². The Labute approximate surface area is 239 Å². The van der Waals surface area contributed by atoms with Crippen molar-refractivity contribution >= 4 is 34.7 Å². The Morgan fingerprint density at radius 2 is 1.71 bits per heavy atom. The van der Waals surface area contributed by atoms with Crippen LogP contribution >= 0.6 is 0 Å². The Kier molecular flexibility index (Phi) is 11.8. The summed E-state index contributed by atoms with van der Waals surface area (Å²) in [5.41, 5.74) is 8.75. The van der Waals surface area contributed by atoms with Gasteiger partial charge in [-0.05, 0) is 49.8 Å². The van der Waals surface area contributed by atoms with Crippen molar-refractivity contribution in [2.24, 2.45) is 11.7 Å². The van der Waals surface area contributed by atoms with Crippen LogP contribution in [0.4, 0.5) is 23.7 Å². The van der Waals surface area contributed by atoms with E-state index in [1.165, 1.54) is 0 Å². The molecule has 1 aliphatic carbocycles. The number of rotatable bonds is 9. The van der Waals surface area contributed by atoms with Crippen LogP contribution in [0.2, 0.25) is 0 Å². The molecule has 11 nitrogen and oxygen atoms in total. The van der Waals surface area contributed by atoms with E-state index in [1.807, 2.05) is 36.4 Å². The summed E-state index contributed by atoms with van der Waals surface area (Å²) in [5.74, 6) is -2.38. The second-order valence-corrected chi connectivity index (χ2v) is 9.47. The molecule has 1 aliphatic rings. The number of carboxylic acid groups (broad SMARTS) is 1. The number of anilines is 1. The Hall–Kier alpha value is -4.46. The molecule has 1 fully saturated rings. The highest BCUT2D eigenvalue weighted by Crippen LogP contribution is 2.27. The topological polar surface area (TPSA) is 166 Å². The number of pyridine rings is 2. The summed E-state index contributed by atoms with van der Waals surface area (Å²) in [4.78, 5) is 42.3. The number of alkyl carbamates (subject to hydrolysis) is 1. The van der Waals surface area contributed by atoms with Gasteiger partial charge < -0.3 is 30.9 Å². The molecule has 0 spiro atoms. The molecule has 0 radical (unpaired) electrons. The van der Waals surface area contributed by atoms with Crippen molar-refractivity contribution in [2.45, 2.75) is 50.9 Å². The number of nitrogens with zero attached hydrogens (tertiary/aromatic N) is 2. The molecule has 0 bridgehead atoms. The van der Waals surface area contributed by atoms with Gasteiger partial charge >= 0.3 is 18.2 Å². The third-order valence-electron chi connectivity index (χ3n) is 6.25. The van der Waals surface area contributed by atoms with Gasteiger partial charge in [0.25, 0.3) is 0 Å². The van der Waals surface area contributed by atoms with Crippen molar-refractivity contribution in [3.8, 4) is 5.88 Å². The number of carbonyl (C=O) groups excluding carboxylic acids is 2. The molecule has 2 amide bonds. The van der Waals surface area contributed by atoms with Gasteiger partial charge in [-0.2, -0.15) is 13.2 Å². The molecule has 1 saturated carbocycles. The molecule has 4 rings (SSSR count). The number of hydrogen-bond acceptors (Lipinski definition) is 8. The van der Waals surface area contributed by atoms with Gasteiger partial charge in [0.05, 0.1) is 17.8 Å². The van der Waals surface area contributed by atoms with Crippen LogP contribution in [0.1, 0.15) is 37.7 Å². The van der Waals surface area contributed by atoms with E-state index in [-0.39, 0.29) is 24.5 Å². The lowest BCUT2D eigenvalue weighted by Crippen LogP contribution is -2.32.